The highest BCUT2D eigenvalue weighted by molar-refractivity contribution is 6.30. The molecule has 0 unspecified atom stereocenters. The van der Waals surface area contributed by atoms with Crippen molar-refractivity contribution in [3.05, 3.63) is 17.4 Å². The molecule has 0 aliphatic heterocycles. The van der Waals surface area contributed by atoms with Crippen LogP contribution in [0.25, 0.3) is 0 Å². The van der Waals surface area contributed by atoms with Gasteiger partial charge in [0.15, 0.2) is 0 Å². The topological polar surface area (TPSA) is 37.8 Å². The van der Waals surface area contributed by atoms with Gasteiger partial charge >= 0.3 is 0 Å². The van der Waals surface area contributed by atoms with Crippen LogP contribution in [0.2, 0.25) is 5.02 Å². The Bertz CT molecular complexity index is 298. The average Bonchev–Trinajstić information content (AvgIpc) is 2.17. The average molecular weight is 248 g/mol. The zero-order valence-corrected chi connectivity index (χ0v) is 10.4. The van der Waals surface area contributed by atoms with Crippen molar-refractivity contribution in [3.8, 4) is 0 Å². The normalized spacial score (nSPS) is 11.5. The Morgan fingerprint density at radius 1 is 1.33 bits per heavy atom. The third-order valence-corrected chi connectivity index (χ3v) is 2.50. The van der Waals surface area contributed by atoms with Crippen molar-refractivity contribution in [3.63, 3.8) is 0 Å². The molecular weight excluding hydrogens is 233 g/mol. The summed E-state index contributed by atoms with van der Waals surface area (Å²) in [5, 5.41) is 3.70. The second-order valence-electron chi connectivity index (χ2n) is 4.18. The fourth-order valence-electron chi connectivity index (χ4n) is 1.07. The monoisotopic (exact) mass is 247 g/mol. The van der Waals surface area contributed by atoms with E-state index in [1.54, 1.807) is 12.4 Å². The molecule has 1 rings (SSSR count). The van der Waals surface area contributed by atoms with E-state index in [9.17, 15) is 0 Å². The van der Waals surface area contributed by atoms with Gasteiger partial charge in [-0.3, -0.25) is 0 Å². The number of aromatic nitrogens is 2. The quantitative estimate of drug-likeness (QED) is 0.813. The summed E-state index contributed by atoms with van der Waals surface area (Å²) in [7, 11) is 0. The van der Waals surface area contributed by atoms with Gasteiger partial charge in [-0.2, -0.15) is 0 Å². The molecule has 84 valence electrons. The maximum atomic E-state index is 5.71. The molecule has 1 aromatic heterocycles. The molecule has 15 heavy (non-hydrogen) atoms. The van der Waals surface area contributed by atoms with Crippen molar-refractivity contribution in [1.82, 2.24) is 9.97 Å². The zero-order chi connectivity index (χ0) is 11.3. The van der Waals surface area contributed by atoms with Gasteiger partial charge in [-0.1, -0.05) is 25.4 Å². The van der Waals surface area contributed by atoms with Crippen LogP contribution in [0.15, 0.2) is 12.4 Å². The Labute approximate surface area is 100 Å². The number of hydrogen-bond donors (Lipinski definition) is 1. The van der Waals surface area contributed by atoms with E-state index in [1.807, 2.05) is 0 Å². The molecule has 1 aromatic rings. The lowest BCUT2D eigenvalue weighted by atomic mass is 9.90. The maximum Gasteiger partial charge on any atom is 0.222 e. The van der Waals surface area contributed by atoms with Crippen LogP contribution in [-0.2, 0) is 0 Å². The minimum Gasteiger partial charge on any atom is -0.354 e. The first-order valence-electron chi connectivity index (χ1n) is 4.81. The van der Waals surface area contributed by atoms with Gasteiger partial charge in [-0.15, -0.1) is 11.6 Å². The van der Waals surface area contributed by atoms with Crippen LogP contribution in [0.5, 0.6) is 0 Å². The summed E-state index contributed by atoms with van der Waals surface area (Å²) in [6.45, 7) is 5.10. The summed E-state index contributed by atoms with van der Waals surface area (Å²) < 4.78 is 0. The van der Waals surface area contributed by atoms with Gasteiger partial charge in [0.05, 0.1) is 17.4 Å². The van der Waals surface area contributed by atoms with Gasteiger partial charge in [-0.05, 0) is 11.8 Å². The Kier molecular flexibility index (Phi) is 4.61. The number of nitrogens with zero attached hydrogens (tertiary/aromatic N) is 2. The smallest absolute Gasteiger partial charge is 0.222 e. The molecule has 5 heteroatoms. The van der Waals surface area contributed by atoms with Crippen LogP contribution in [0, 0.1) is 5.41 Å². The highest BCUT2D eigenvalue weighted by Gasteiger charge is 2.16. The van der Waals surface area contributed by atoms with Crippen LogP contribution in [0.3, 0.4) is 0 Å². The van der Waals surface area contributed by atoms with E-state index < -0.39 is 0 Å². The van der Waals surface area contributed by atoms with E-state index in [-0.39, 0.29) is 5.41 Å². The van der Waals surface area contributed by atoms with E-state index >= 15 is 0 Å². The van der Waals surface area contributed by atoms with Crippen molar-refractivity contribution in [1.29, 1.82) is 0 Å². The molecule has 1 heterocycles. The second kappa shape index (κ2) is 5.52. The van der Waals surface area contributed by atoms with Gasteiger partial charge in [0, 0.05) is 12.4 Å². The zero-order valence-electron chi connectivity index (χ0n) is 8.93. The molecule has 0 radical (unpaired) electrons. The number of hydrogen-bond acceptors (Lipinski definition) is 3. The fraction of sp³-hybridized carbons (Fsp3) is 0.600. The SMILES string of the molecule is CC(C)(CCCl)CNc1ncc(Cl)cn1. The van der Waals surface area contributed by atoms with E-state index in [0.29, 0.717) is 16.9 Å². The van der Waals surface area contributed by atoms with Crippen LogP contribution in [0.1, 0.15) is 20.3 Å². The lowest BCUT2D eigenvalue weighted by molar-refractivity contribution is 0.378. The first-order chi connectivity index (χ1) is 7.03. The lowest BCUT2D eigenvalue weighted by Gasteiger charge is -2.23. The van der Waals surface area contributed by atoms with Crippen LogP contribution >= 0.6 is 23.2 Å². The Morgan fingerprint density at radius 3 is 2.47 bits per heavy atom. The number of rotatable bonds is 5. The van der Waals surface area contributed by atoms with Gasteiger partial charge in [-0.25, -0.2) is 9.97 Å². The standard InChI is InChI=1S/C10H15Cl2N3/c1-10(2,3-4-11)7-15-9-13-5-8(12)6-14-9/h5-6H,3-4,7H2,1-2H3,(H,13,14,15). The first-order valence-corrected chi connectivity index (χ1v) is 5.72. The molecule has 0 saturated carbocycles. The summed E-state index contributed by atoms with van der Waals surface area (Å²) in [6, 6.07) is 0. The third-order valence-electron chi connectivity index (χ3n) is 2.12. The van der Waals surface area contributed by atoms with Crippen molar-refractivity contribution in [2.24, 2.45) is 5.41 Å². The highest BCUT2D eigenvalue weighted by Crippen LogP contribution is 2.20. The molecule has 0 fully saturated rings. The summed E-state index contributed by atoms with van der Waals surface area (Å²) in [6.07, 6.45) is 4.10. The molecule has 0 aromatic carbocycles. The van der Waals surface area contributed by atoms with E-state index in [2.05, 4.69) is 29.1 Å². The number of nitrogens with one attached hydrogen (secondary N) is 1. The van der Waals surface area contributed by atoms with Gasteiger partial charge < -0.3 is 5.32 Å². The van der Waals surface area contributed by atoms with Crippen molar-refractivity contribution >= 4 is 29.2 Å². The molecule has 1 N–H and O–H groups in total. The lowest BCUT2D eigenvalue weighted by Crippen LogP contribution is -2.24. The Balaban J connectivity index is 2.46. The summed E-state index contributed by atoms with van der Waals surface area (Å²) >= 11 is 11.4. The van der Waals surface area contributed by atoms with Gasteiger partial charge in [0.2, 0.25) is 5.95 Å². The molecule has 0 bridgehead atoms. The predicted octanol–water partition coefficient (Wildman–Crippen LogP) is 3.20. The van der Waals surface area contributed by atoms with Crippen LogP contribution < -0.4 is 5.32 Å². The van der Waals surface area contributed by atoms with E-state index in [0.717, 1.165) is 13.0 Å². The first kappa shape index (κ1) is 12.5. The summed E-state index contributed by atoms with van der Waals surface area (Å²) in [5.74, 6) is 1.26. The molecule has 0 amide bonds. The molecule has 0 atom stereocenters. The molecule has 3 nitrogen and oxygen atoms in total. The molecule has 0 aliphatic carbocycles. The second-order valence-corrected chi connectivity index (χ2v) is 5.00. The van der Waals surface area contributed by atoms with Crippen molar-refractivity contribution in [2.75, 3.05) is 17.7 Å². The largest absolute Gasteiger partial charge is 0.354 e. The van der Waals surface area contributed by atoms with E-state index in [1.165, 1.54) is 0 Å². The summed E-state index contributed by atoms with van der Waals surface area (Å²) in [5.41, 5.74) is 0.144. The van der Waals surface area contributed by atoms with E-state index in [4.69, 9.17) is 23.2 Å². The maximum absolute atomic E-state index is 5.71. The van der Waals surface area contributed by atoms with Crippen LogP contribution in [-0.4, -0.2) is 22.4 Å². The number of anilines is 1. The number of halogens is 2. The Morgan fingerprint density at radius 2 is 1.93 bits per heavy atom. The van der Waals surface area contributed by atoms with Crippen molar-refractivity contribution < 1.29 is 0 Å². The third kappa shape index (κ3) is 4.67. The fourth-order valence-corrected chi connectivity index (χ4v) is 1.68. The highest BCUT2D eigenvalue weighted by atomic mass is 35.5. The summed E-state index contributed by atoms with van der Waals surface area (Å²) in [4.78, 5) is 8.11. The predicted molar refractivity (Wildman–Crippen MR) is 64.6 cm³/mol. The molecule has 0 saturated heterocycles. The number of alkyl halides is 1. The van der Waals surface area contributed by atoms with Crippen molar-refractivity contribution in [2.45, 2.75) is 20.3 Å². The van der Waals surface area contributed by atoms with Gasteiger partial charge in [0.25, 0.3) is 0 Å². The molecule has 0 aliphatic rings. The minimum absolute atomic E-state index is 0.144. The minimum atomic E-state index is 0.144. The Hall–Kier alpha value is -0.540. The molecule has 0 spiro atoms. The molecular formula is C10H15Cl2N3. The van der Waals surface area contributed by atoms with Crippen LogP contribution in [0.4, 0.5) is 5.95 Å². The van der Waals surface area contributed by atoms with Gasteiger partial charge in [0.1, 0.15) is 0 Å².